The Labute approximate surface area is 119 Å². The largest absolute Gasteiger partial charge is 0.496 e. The molecule has 104 valence electrons. The number of benzene rings is 2. The van der Waals surface area contributed by atoms with Crippen molar-refractivity contribution in [1.29, 1.82) is 5.41 Å². The van der Waals surface area contributed by atoms with E-state index in [1.807, 2.05) is 55.5 Å². The standard InChI is InChI=1S/C17H19NO2/c1-3-15(19)12-7-6-8-13(11-12)17(18)14-9-4-5-10-16(14)20-2/h4-11,15,18-19H,3H2,1-2H3. The molecule has 3 heteroatoms. The summed E-state index contributed by atoms with van der Waals surface area (Å²) >= 11 is 0. The second kappa shape index (κ2) is 6.35. The van der Waals surface area contributed by atoms with E-state index in [-0.39, 0.29) is 0 Å². The summed E-state index contributed by atoms with van der Waals surface area (Å²) in [4.78, 5) is 0. The van der Waals surface area contributed by atoms with Gasteiger partial charge >= 0.3 is 0 Å². The molecule has 2 aromatic rings. The Bertz CT molecular complexity index is 607. The number of para-hydroxylation sites is 1. The molecule has 3 nitrogen and oxygen atoms in total. The van der Waals surface area contributed by atoms with Crippen LogP contribution in [0.15, 0.2) is 48.5 Å². The molecule has 0 amide bonds. The van der Waals surface area contributed by atoms with Gasteiger partial charge in [-0.05, 0) is 30.2 Å². The highest BCUT2D eigenvalue weighted by Crippen LogP contribution is 2.23. The summed E-state index contributed by atoms with van der Waals surface area (Å²) in [5.74, 6) is 0.680. The fourth-order valence-corrected chi connectivity index (χ4v) is 2.14. The first kappa shape index (κ1) is 14.3. The molecule has 0 aliphatic rings. The molecule has 0 radical (unpaired) electrons. The number of rotatable bonds is 5. The Kier molecular flexibility index (Phi) is 4.53. The Morgan fingerprint density at radius 2 is 1.95 bits per heavy atom. The van der Waals surface area contributed by atoms with Gasteiger partial charge in [0.05, 0.1) is 18.9 Å². The van der Waals surface area contributed by atoms with E-state index in [0.29, 0.717) is 17.9 Å². The van der Waals surface area contributed by atoms with Gasteiger partial charge in [-0.1, -0.05) is 37.3 Å². The van der Waals surface area contributed by atoms with Crippen LogP contribution >= 0.6 is 0 Å². The fraction of sp³-hybridized carbons (Fsp3) is 0.235. The minimum Gasteiger partial charge on any atom is -0.496 e. The van der Waals surface area contributed by atoms with Gasteiger partial charge in [-0.3, -0.25) is 5.41 Å². The van der Waals surface area contributed by atoms with Crippen LogP contribution in [0.4, 0.5) is 0 Å². The second-order valence-corrected chi connectivity index (χ2v) is 4.62. The molecule has 2 aromatic carbocycles. The van der Waals surface area contributed by atoms with Gasteiger partial charge < -0.3 is 9.84 Å². The average molecular weight is 269 g/mol. The summed E-state index contributed by atoms with van der Waals surface area (Å²) < 4.78 is 5.30. The van der Waals surface area contributed by atoms with Gasteiger partial charge in [0.1, 0.15) is 5.75 Å². The summed E-state index contributed by atoms with van der Waals surface area (Å²) in [7, 11) is 1.60. The van der Waals surface area contributed by atoms with E-state index in [1.165, 1.54) is 0 Å². The van der Waals surface area contributed by atoms with Gasteiger partial charge in [0.2, 0.25) is 0 Å². The van der Waals surface area contributed by atoms with Crippen LogP contribution < -0.4 is 4.74 Å². The van der Waals surface area contributed by atoms with Crippen molar-refractivity contribution in [3.63, 3.8) is 0 Å². The van der Waals surface area contributed by atoms with Gasteiger partial charge in [0.15, 0.2) is 0 Å². The van der Waals surface area contributed by atoms with Crippen LogP contribution in [0.2, 0.25) is 0 Å². The Morgan fingerprint density at radius 3 is 2.65 bits per heavy atom. The number of nitrogens with one attached hydrogen (secondary N) is 1. The maximum atomic E-state index is 9.91. The number of aliphatic hydroxyl groups excluding tert-OH is 1. The molecule has 0 aliphatic carbocycles. The molecule has 2 rings (SSSR count). The Balaban J connectivity index is 2.38. The lowest BCUT2D eigenvalue weighted by Gasteiger charge is -2.12. The van der Waals surface area contributed by atoms with E-state index in [0.717, 1.165) is 16.7 Å². The van der Waals surface area contributed by atoms with Gasteiger partial charge in [0, 0.05) is 11.1 Å². The van der Waals surface area contributed by atoms with Crippen molar-refractivity contribution in [3.05, 3.63) is 65.2 Å². The zero-order chi connectivity index (χ0) is 14.5. The highest BCUT2D eigenvalue weighted by atomic mass is 16.5. The van der Waals surface area contributed by atoms with Crippen LogP contribution in [0.5, 0.6) is 5.75 Å². The molecule has 1 atom stereocenters. The van der Waals surface area contributed by atoms with Crippen molar-refractivity contribution in [1.82, 2.24) is 0 Å². The van der Waals surface area contributed by atoms with Crippen molar-refractivity contribution < 1.29 is 9.84 Å². The van der Waals surface area contributed by atoms with Crippen LogP contribution in [0.25, 0.3) is 0 Å². The highest BCUT2D eigenvalue weighted by Gasteiger charge is 2.12. The van der Waals surface area contributed by atoms with Crippen LogP contribution in [-0.4, -0.2) is 17.9 Å². The quantitative estimate of drug-likeness (QED) is 0.815. The lowest BCUT2D eigenvalue weighted by atomic mass is 9.97. The number of methoxy groups -OCH3 is 1. The SMILES string of the molecule is CCC(O)c1cccc(C(=N)c2ccccc2OC)c1. The topological polar surface area (TPSA) is 53.3 Å². The lowest BCUT2D eigenvalue weighted by molar-refractivity contribution is 0.173. The summed E-state index contributed by atoms with van der Waals surface area (Å²) in [5, 5.41) is 18.3. The minimum atomic E-state index is -0.486. The first-order valence-electron chi connectivity index (χ1n) is 6.67. The number of aliphatic hydroxyl groups is 1. The monoisotopic (exact) mass is 269 g/mol. The van der Waals surface area contributed by atoms with Gasteiger partial charge in [0.25, 0.3) is 0 Å². The smallest absolute Gasteiger partial charge is 0.128 e. The maximum absolute atomic E-state index is 9.91. The molecule has 0 heterocycles. The lowest BCUT2D eigenvalue weighted by Crippen LogP contribution is -2.05. The summed E-state index contributed by atoms with van der Waals surface area (Å²) in [5.41, 5.74) is 2.76. The summed E-state index contributed by atoms with van der Waals surface area (Å²) in [6.07, 6.45) is 0.172. The predicted octanol–water partition coefficient (Wildman–Crippen LogP) is 3.55. The van der Waals surface area contributed by atoms with Gasteiger partial charge in [-0.2, -0.15) is 0 Å². The first-order chi connectivity index (χ1) is 9.67. The Hall–Kier alpha value is -2.13. The third kappa shape index (κ3) is 2.89. The third-order valence-electron chi connectivity index (χ3n) is 3.32. The van der Waals surface area contributed by atoms with E-state index in [4.69, 9.17) is 10.1 Å². The van der Waals surface area contributed by atoms with Crippen LogP contribution in [-0.2, 0) is 0 Å². The van der Waals surface area contributed by atoms with E-state index < -0.39 is 6.10 Å². The summed E-state index contributed by atoms with van der Waals surface area (Å²) in [6.45, 7) is 1.93. The van der Waals surface area contributed by atoms with E-state index in [9.17, 15) is 5.11 Å². The fourth-order valence-electron chi connectivity index (χ4n) is 2.14. The average Bonchev–Trinajstić information content (AvgIpc) is 2.53. The minimum absolute atomic E-state index is 0.396. The molecule has 0 aliphatic heterocycles. The molecule has 0 bridgehead atoms. The summed E-state index contributed by atoms with van der Waals surface area (Å²) in [6, 6.07) is 15.0. The number of hydrogen-bond acceptors (Lipinski definition) is 3. The molecular weight excluding hydrogens is 250 g/mol. The molecule has 20 heavy (non-hydrogen) atoms. The van der Waals surface area contributed by atoms with Crippen LogP contribution in [0, 0.1) is 5.41 Å². The molecule has 2 N–H and O–H groups in total. The van der Waals surface area contributed by atoms with Crippen molar-refractivity contribution in [2.75, 3.05) is 7.11 Å². The van der Waals surface area contributed by atoms with Crippen molar-refractivity contribution >= 4 is 5.71 Å². The van der Waals surface area contributed by atoms with E-state index in [2.05, 4.69) is 0 Å². The molecule has 0 aromatic heterocycles. The van der Waals surface area contributed by atoms with Crippen molar-refractivity contribution in [2.24, 2.45) is 0 Å². The van der Waals surface area contributed by atoms with Gasteiger partial charge in [-0.15, -0.1) is 0 Å². The zero-order valence-corrected chi connectivity index (χ0v) is 11.8. The van der Waals surface area contributed by atoms with Crippen molar-refractivity contribution in [3.8, 4) is 5.75 Å². The molecule has 0 fully saturated rings. The van der Waals surface area contributed by atoms with E-state index in [1.54, 1.807) is 7.11 Å². The number of hydrogen-bond donors (Lipinski definition) is 2. The van der Waals surface area contributed by atoms with E-state index >= 15 is 0 Å². The predicted molar refractivity (Wildman–Crippen MR) is 80.6 cm³/mol. The molecular formula is C17H19NO2. The Morgan fingerprint density at radius 1 is 1.20 bits per heavy atom. The maximum Gasteiger partial charge on any atom is 0.128 e. The van der Waals surface area contributed by atoms with Crippen molar-refractivity contribution in [2.45, 2.75) is 19.4 Å². The second-order valence-electron chi connectivity index (χ2n) is 4.62. The third-order valence-corrected chi connectivity index (χ3v) is 3.32. The van der Waals surface area contributed by atoms with Crippen LogP contribution in [0.3, 0.4) is 0 Å². The zero-order valence-electron chi connectivity index (χ0n) is 11.8. The highest BCUT2D eigenvalue weighted by molar-refractivity contribution is 6.12. The molecule has 0 saturated heterocycles. The molecule has 0 saturated carbocycles. The normalized spacial score (nSPS) is 11.9. The number of ether oxygens (including phenoxy) is 1. The first-order valence-corrected chi connectivity index (χ1v) is 6.67. The molecule has 0 spiro atoms. The van der Waals surface area contributed by atoms with Crippen LogP contribution in [0.1, 0.15) is 36.1 Å². The molecule has 1 unspecified atom stereocenters. The van der Waals surface area contributed by atoms with Gasteiger partial charge in [-0.25, -0.2) is 0 Å².